The van der Waals surface area contributed by atoms with Crippen LogP contribution in [-0.4, -0.2) is 18.6 Å². The maximum absolute atomic E-state index is 5.61. The Morgan fingerprint density at radius 1 is 1.50 bits per heavy atom. The van der Waals surface area contributed by atoms with E-state index in [1.165, 1.54) is 5.56 Å². The predicted octanol–water partition coefficient (Wildman–Crippen LogP) is 2.30. The van der Waals surface area contributed by atoms with Gasteiger partial charge in [0.05, 0.1) is 6.61 Å². The van der Waals surface area contributed by atoms with Crippen LogP contribution in [0.2, 0.25) is 0 Å². The molecule has 18 heavy (non-hydrogen) atoms. The molecule has 0 saturated heterocycles. The SMILES string of the molecule is CN(c1ccc2c(c1)CCO2)c1ncc(CN)s1. The van der Waals surface area contributed by atoms with Crippen molar-refractivity contribution in [3.8, 4) is 5.75 Å². The summed E-state index contributed by atoms with van der Waals surface area (Å²) in [6, 6.07) is 6.27. The van der Waals surface area contributed by atoms with Gasteiger partial charge in [0.25, 0.3) is 0 Å². The van der Waals surface area contributed by atoms with Crippen molar-refractivity contribution in [2.45, 2.75) is 13.0 Å². The van der Waals surface area contributed by atoms with Gasteiger partial charge in [-0.25, -0.2) is 4.98 Å². The number of nitrogens with zero attached hydrogens (tertiary/aromatic N) is 2. The van der Waals surface area contributed by atoms with E-state index in [1.807, 2.05) is 19.3 Å². The van der Waals surface area contributed by atoms with Crippen LogP contribution in [-0.2, 0) is 13.0 Å². The van der Waals surface area contributed by atoms with Crippen molar-refractivity contribution in [3.05, 3.63) is 34.8 Å². The number of thiazole rings is 1. The van der Waals surface area contributed by atoms with E-state index in [9.17, 15) is 0 Å². The first-order chi connectivity index (χ1) is 8.78. The molecule has 0 aliphatic carbocycles. The Labute approximate surface area is 110 Å². The summed E-state index contributed by atoms with van der Waals surface area (Å²) in [6.07, 6.45) is 2.83. The number of benzene rings is 1. The summed E-state index contributed by atoms with van der Waals surface area (Å²) in [4.78, 5) is 7.57. The molecule has 1 aromatic carbocycles. The molecule has 0 fully saturated rings. The lowest BCUT2D eigenvalue weighted by Gasteiger charge is -2.16. The van der Waals surface area contributed by atoms with E-state index in [2.05, 4.69) is 22.0 Å². The molecule has 1 aliphatic rings. The summed E-state index contributed by atoms with van der Waals surface area (Å²) >= 11 is 1.63. The third-order valence-corrected chi connectivity index (χ3v) is 4.19. The maximum atomic E-state index is 5.61. The van der Waals surface area contributed by atoms with Gasteiger partial charge in [0.15, 0.2) is 5.13 Å². The number of anilines is 2. The van der Waals surface area contributed by atoms with E-state index < -0.39 is 0 Å². The summed E-state index contributed by atoms with van der Waals surface area (Å²) in [5, 5.41) is 0.967. The van der Waals surface area contributed by atoms with Crippen molar-refractivity contribution in [3.63, 3.8) is 0 Å². The number of aromatic nitrogens is 1. The fourth-order valence-electron chi connectivity index (χ4n) is 2.04. The molecule has 4 nitrogen and oxygen atoms in total. The first kappa shape index (κ1) is 11.5. The summed E-state index contributed by atoms with van der Waals surface area (Å²) < 4.78 is 5.51. The first-order valence-electron chi connectivity index (χ1n) is 5.92. The second kappa shape index (κ2) is 4.59. The van der Waals surface area contributed by atoms with Crippen LogP contribution >= 0.6 is 11.3 Å². The van der Waals surface area contributed by atoms with Crippen LogP contribution in [0.15, 0.2) is 24.4 Å². The summed E-state index contributed by atoms with van der Waals surface area (Å²) in [5.41, 5.74) is 8.02. The Hall–Kier alpha value is -1.59. The van der Waals surface area contributed by atoms with Crippen LogP contribution in [0.25, 0.3) is 0 Å². The fraction of sp³-hybridized carbons (Fsp3) is 0.308. The van der Waals surface area contributed by atoms with Gasteiger partial charge < -0.3 is 15.4 Å². The molecule has 2 aromatic rings. The molecule has 1 aliphatic heterocycles. The third kappa shape index (κ3) is 1.95. The van der Waals surface area contributed by atoms with Gasteiger partial charge >= 0.3 is 0 Å². The highest BCUT2D eigenvalue weighted by molar-refractivity contribution is 7.15. The smallest absolute Gasteiger partial charge is 0.189 e. The van der Waals surface area contributed by atoms with Crippen molar-refractivity contribution in [2.24, 2.45) is 5.73 Å². The second-order valence-electron chi connectivity index (χ2n) is 4.26. The van der Waals surface area contributed by atoms with Crippen LogP contribution in [0.3, 0.4) is 0 Å². The Bertz CT molecular complexity index is 567. The van der Waals surface area contributed by atoms with Gasteiger partial charge in [0, 0.05) is 36.8 Å². The molecule has 0 atom stereocenters. The number of rotatable bonds is 3. The Balaban J connectivity index is 1.89. The Morgan fingerprint density at radius 2 is 2.39 bits per heavy atom. The number of nitrogens with two attached hydrogens (primary N) is 1. The highest BCUT2D eigenvalue weighted by Crippen LogP contribution is 2.33. The van der Waals surface area contributed by atoms with Crippen molar-refractivity contribution < 1.29 is 4.74 Å². The molecule has 3 rings (SSSR count). The van der Waals surface area contributed by atoms with Crippen molar-refractivity contribution in [1.29, 1.82) is 0 Å². The number of hydrogen-bond acceptors (Lipinski definition) is 5. The zero-order chi connectivity index (χ0) is 12.5. The molecule has 5 heteroatoms. The quantitative estimate of drug-likeness (QED) is 0.921. The van der Waals surface area contributed by atoms with Crippen LogP contribution in [0.5, 0.6) is 5.75 Å². The molecule has 94 valence electrons. The van der Waals surface area contributed by atoms with Gasteiger partial charge in [-0.05, 0) is 23.8 Å². The topological polar surface area (TPSA) is 51.4 Å². The first-order valence-corrected chi connectivity index (χ1v) is 6.74. The van der Waals surface area contributed by atoms with Gasteiger partial charge in [-0.1, -0.05) is 0 Å². The van der Waals surface area contributed by atoms with Crippen molar-refractivity contribution in [2.75, 3.05) is 18.6 Å². The van der Waals surface area contributed by atoms with Crippen LogP contribution in [0.4, 0.5) is 10.8 Å². The molecule has 0 amide bonds. The monoisotopic (exact) mass is 261 g/mol. The van der Waals surface area contributed by atoms with Crippen LogP contribution in [0.1, 0.15) is 10.4 Å². The lowest BCUT2D eigenvalue weighted by atomic mass is 10.1. The fourth-order valence-corrected chi connectivity index (χ4v) is 2.81. The maximum Gasteiger partial charge on any atom is 0.189 e. The van der Waals surface area contributed by atoms with Gasteiger partial charge in [0.2, 0.25) is 0 Å². The lowest BCUT2D eigenvalue weighted by molar-refractivity contribution is 0.357. The minimum absolute atomic E-state index is 0.545. The highest BCUT2D eigenvalue weighted by atomic mass is 32.1. The summed E-state index contributed by atoms with van der Waals surface area (Å²) in [7, 11) is 2.02. The Morgan fingerprint density at radius 3 is 3.17 bits per heavy atom. The number of hydrogen-bond donors (Lipinski definition) is 1. The van der Waals surface area contributed by atoms with E-state index in [0.717, 1.165) is 34.5 Å². The summed E-state index contributed by atoms with van der Waals surface area (Å²) in [6.45, 7) is 1.33. The van der Waals surface area contributed by atoms with Gasteiger partial charge in [-0.3, -0.25) is 0 Å². The van der Waals surface area contributed by atoms with E-state index in [0.29, 0.717) is 6.54 Å². The molecule has 0 bridgehead atoms. The summed E-state index contributed by atoms with van der Waals surface area (Å²) in [5.74, 6) is 1.01. The van der Waals surface area contributed by atoms with Crippen LogP contribution in [0, 0.1) is 0 Å². The van der Waals surface area contributed by atoms with Crippen molar-refractivity contribution in [1.82, 2.24) is 4.98 Å². The standard InChI is InChI=1S/C13H15N3OS/c1-16(13-15-8-11(7-14)18-13)10-2-3-12-9(6-10)4-5-17-12/h2-3,6,8H,4-5,7,14H2,1H3. The van der Waals surface area contributed by atoms with E-state index in [4.69, 9.17) is 10.5 Å². The number of fused-ring (bicyclic) bond motifs is 1. The molecule has 0 saturated carbocycles. The minimum Gasteiger partial charge on any atom is -0.493 e. The van der Waals surface area contributed by atoms with Crippen molar-refractivity contribution >= 4 is 22.2 Å². The zero-order valence-electron chi connectivity index (χ0n) is 10.2. The normalized spacial score (nSPS) is 13.2. The Kier molecular flexibility index (Phi) is 2.93. The largest absolute Gasteiger partial charge is 0.493 e. The van der Waals surface area contributed by atoms with Gasteiger partial charge in [0.1, 0.15) is 5.75 Å². The van der Waals surface area contributed by atoms with Crippen LogP contribution < -0.4 is 15.4 Å². The van der Waals surface area contributed by atoms with Gasteiger partial charge in [-0.15, -0.1) is 11.3 Å². The molecule has 0 unspecified atom stereocenters. The second-order valence-corrected chi connectivity index (χ2v) is 5.36. The lowest BCUT2D eigenvalue weighted by Crippen LogP contribution is -2.08. The average Bonchev–Trinajstić information content (AvgIpc) is 3.05. The van der Waals surface area contributed by atoms with E-state index in [1.54, 1.807) is 11.3 Å². The molecule has 0 radical (unpaired) electrons. The third-order valence-electron chi connectivity index (χ3n) is 3.09. The minimum atomic E-state index is 0.545. The molecule has 2 heterocycles. The molecular weight excluding hydrogens is 246 g/mol. The molecular formula is C13H15N3OS. The highest BCUT2D eigenvalue weighted by Gasteiger charge is 2.15. The van der Waals surface area contributed by atoms with E-state index in [-0.39, 0.29) is 0 Å². The zero-order valence-corrected chi connectivity index (χ0v) is 11.0. The van der Waals surface area contributed by atoms with Gasteiger partial charge in [-0.2, -0.15) is 0 Å². The predicted molar refractivity (Wildman–Crippen MR) is 73.7 cm³/mol. The average molecular weight is 261 g/mol. The number of ether oxygens (including phenoxy) is 1. The molecule has 2 N–H and O–H groups in total. The van der Waals surface area contributed by atoms with E-state index >= 15 is 0 Å². The molecule has 0 spiro atoms. The molecule has 1 aromatic heterocycles.